The van der Waals surface area contributed by atoms with Gasteiger partial charge in [0.15, 0.2) is 0 Å². The van der Waals surface area contributed by atoms with Crippen molar-refractivity contribution in [2.24, 2.45) is 0 Å². The maximum Gasteiger partial charge on any atom is 1.00 e. The number of sulfonamides is 1. The SMILES string of the molecule is COc1cc(C)c(S(=O)(=O)N2CCc3ccc(CC#N)cc32)c(C)c1.[C-]#N.[K+]. The van der Waals surface area contributed by atoms with Crippen LogP contribution in [0.4, 0.5) is 5.69 Å². The second kappa shape index (κ2) is 10.4. The summed E-state index contributed by atoms with van der Waals surface area (Å²) in [6.07, 6.45) is 0.942. The van der Waals surface area contributed by atoms with Crippen LogP contribution in [0.5, 0.6) is 5.75 Å². The molecule has 0 spiro atoms. The third-order valence-electron chi connectivity index (χ3n) is 4.50. The van der Waals surface area contributed by atoms with Gasteiger partial charge in [-0.15, -0.1) is 0 Å². The largest absolute Gasteiger partial charge is 1.00 e. The van der Waals surface area contributed by atoms with Crippen molar-refractivity contribution in [3.05, 3.63) is 59.2 Å². The number of ether oxygens (including phenoxy) is 1. The molecule has 140 valence electrons. The van der Waals surface area contributed by atoms with Crippen LogP contribution in [0.2, 0.25) is 0 Å². The Kier molecular flexibility index (Phi) is 9.16. The van der Waals surface area contributed by atoms with E-state index in [9.17, 15) is 8.42 Å². The minimum absolute atomic E-state index is 0. The minimum Gasteiger partial charge on any atom is -0.512 e. The molecule has 0 radical (unpaired) electrons. The molecule has 2 aromatic carbocycles. The van der Waals surface area contributed by atoms with E-state index in [1.807, 2.05) is 18.2 Å². The maximum absolute atomic E-state index is 13.3. The Bertz CT molecular complexity index is 1000. The first-order valence-corrected chi connectivity index (χ1v) is 9.71. The zero-order valence-corrected chi connectivity index (χ0v) is 20.4. The topological polar surface area (TPSA) is 94.2 Å². The Labute approximate surface area is 209 Å². The van der Waals surface area contributed by atoms with Crippen molar-refractivity contribution in [3.63, 3.8) is 0 Å². The van der Waals surface area contributed by atoms with Crippen molar-refractivity contribution in [2.45, 2.75) is 31.6 Å². The fraction of sp³-hybridized carbons (Fsp3) is 0.300. The van der Waals surface area contributed by atoms with E-state index in [1.54, 1.807) is 33.1 Å². The summed E-state index contributed by atoms with van der Waals surface area (Å²) in [5, 5.41) is 15.2. The van der Waals surface area contributed by atoms with E-state index >= 15 is 0 Å². The number of nitriles is 1. The minimum atomic E-state index is -3.68. The standard InChI is InChI=1S/C19H20N2O3S.CN.K/c1-13-10-17(24-3)11-14(2)19(13)25(22,23)21-9-7-16-5-4-15(6-8-20)12-18(16)21;1-2;/h4-5,10-12H,6-7,9H2,1-3H3;;/q;-1;+1. The molecule has 1 heterocycles. The average molecular weight is 422 g/mol. The van der Waals surface area contributed by atoms with Crippen LogP contribution in [-0.2, 0) is 22.9 Å². The molecule has 3 rings (SSSR count). The Morgan fingerprint density at radius 2 is 1.79 bits per heavy atom. The quantitative estimate of drug-likeness (QED) is 0.520. The number of rotatable bonds is 4. The van der Waals surface area contributed by atoms with Crippen LogP contribution in [-0.4, -0.2) is 22.1 Å². The molecule has 0 aliphatic carbocycles. The monoisotopic (exact) mass is 421 g/mol. The van der Waals surface area contributed by atoms with Gasteiger partial charge in [-0.05, 0) is 60.7 Å². The van der Waals surface area contributed by atoms with Gasteiger partial charge in [-0.1, -0.05) is 12.1 Å². The Morgan fingerprint density at radius 3 is 2.32 bits per heavy atom. The third-order valence-corrected chi connectivity index (χ3v) is 6.62. The van der Waals surface area contributed by atoms with Gasteiger partial charge in [-0.25, -0.2) is 8.42 Å². The Morgan fingerprint density at radius 1 is 1.18 bits per heavy atom. The van der Waals surface area contributed by atoms with E-state index in [-0.39, 0.29) is 57.8 Å². The van der Waals surface area contributed by atoms with E-state index < -0.39 is 10.0 Å². The third kappa shape index (κ3) is 4.77. The van der Waals surface area contributed by atoms with Crippen molar-refractivity contribution < 1.29 is 64.5 Å². The van der Waals surface area contributed by atoms with Gasteiger partial charge >= 0.3 is 51.4 Å². The van der Waals surface area contributed by atoms with Crippen LogP contribution in [0, 0.1) is 37.0 Å². The summed E-state index contributed by atoms with van der Waals surface area (Å²) in [6.45, 7) is 8.73. The summed E-state index contributed by atoms with van der Waals surface area (Å²) in [7, 11) is -2.11. The first kappa shape index (κ1) is 24.6. The van der Waals surface area contributed by atoms with Gasteiger partial charge in [0.1, 0.15) is 5.75 Å². The second-order valence-electron chi connectivity index (χ2n) is 6.22. The zero-order valence-electron chi connectivity index (χ0n) is 16.5. The fourth-order valence-corrected chi connectivity index (χ4v) is 5.30. The molecule has 6 nitrogen and oxygen atoms in total. The molecule has 2 aromatic rings. The molecule has 1 aliphatic heterocycles. The number of methoxy groups -OCH3 is 1. The van der Waals surface area contributed by atoms with E-state index in [0.717, 1.165) is 11.1 Å². The maximum atomic E-state index is 13.3. The molecule has 0 aromatic heterocycles. The second-order valence-corrected chi connectivity index (χ2v) is 8.01. The van der Waals surface area contributed by atoms with E-state index in [4.69, 9.17) is 21.8 Å². The molecular weight excluding hydrogens is 401 g/mol. The van der Waals surface area contributed by atoms with Crippen LogP contribution in [0.3, 0.4) is 0 Å². The smallest absolute Gasteiger partial charge is 0.512 e. The number of nitrogens with zero attached hydrogens (tertiary/aromatic N) is 3. The molecule has 0 fully saturated rings. The number of hydrogen-bond donors (Lipinski definition) is 0. The zero-order chi connectivity index (χ0) is 20.2. The average Bonchev–Trinajstić information content (AvgIpc) is 3.07. The molecule has 0 saturated heterocycles. The summed E-state index contributed by atoms with van der Waals surface area (Å²) < 4.78 is 33.3. The molecular formula is C20H20KN3O3S. The summed E-state index contributed by atoms with van der Waals surface area (Å²) in [6, 6.07) is 11.2. The summed E-state index contributed by atoms with van der Waals surface area (Å²) in [5.74, 6) is 0.645. The predicted octanol–water partition coefficient (Wildman–Crippen LogP) is 0.230. The van der Waals surface area contributed by atoms with Crippen LogP contribution >= 0.6 is 0 Å². The molecule has 0 amide bonds. The van der Waals surface area contributed by atoms with Gasteiger partial charge in [0.2, 0.25) is 0 Å². The molecule has 1 aliphatic rings. The van der Waals surface area contributed by atoms with Crippen LogP contribution in [0.1, 0.15) is 22.3 Å². The number of anilines is 1. The van der Waals surface area contributed by atoms with Crippen LogP contribution in [0.25, 0.3) is 0 Å². The van der Waals surface area contributed by atoms with Crippen LogP contribution in [0.15, 0.2) is 35.2 Å². The molecule has 0 bridgehead atoms. The fourth-order valence-electron chi connectivity index (χ4n) is 3.39. The summed E-state index contributed by atoms with van der Waals surface area (Å²) >= 11 is 0. The van der Waals surface area contributed by atoms with Crippen molar-refractivity contribution in [3.8, 4) is 11.8 Å². The van der Waals surface area contributed by atoms with Crippen molar-refractivity contribution >= 4 is 15.7 Å². The molecule has 0 atom stereocenters. The Hall–Kier alpha value is -1.39. The number of fused-ring (bicyclic) bond motifs is 1. The Balaban J connectivity index is 0.00000127. The van der Waals surface area contributed by atoms with Crippen molar-refractivity contribution in [1.29, 1.82) is 10.5 Å². The number of hydrogen-bond acceptors (Lipinski definition) is 5. The van der Waals surface area contributed by atoms with Crippen molar-refractivity contribution in [1.82, 2.24) is 0 Å². The molecule has 28 heavy (non-hydrogen) atoms. The van der Waals surface area contributed by atoms with Gasteiger partial charge in [0.25, 0.3) is 10.0 Å². The van der Waals surface area contributed by atoms with E-state index in [2.05, 4.69) is 6.07 Å². The van der Waals surface area contributed by atoms with Crippen LogP contribution < -0.4 is 60.4 Å². The van der Waals surface area contributed by atoms with Gasteiger partial charge in [0.05, 0.1) is 30.2 Å². The van der Waals surface area contributed by atoms with Gasteiger partial charge < -0.3 is 16.6 Å². The molecule has 0 unspecified atom stereocenters. The normalized spacial score (nSPS) is 12.1. The van der Waals surface area contributed by atoms with Gasteiger partial charge in [0, 0.05) is 6.54 Å². The first-order chi connectivity index (χ1) is 12.9. The van der Waals surface area contributed by atoms with E-state index in [1.165, 1.54) is 4.31 Å². The predicted molar refractivity (Wildman–Crippen MR) is 101 cm³/mol. The first-order valence-electron chi connectivity index (χ1n) is 8.27. The number of benzene rings is 2. The summed E-state index contributed by atoms with van der Waals surface area (Å²) in [4.78, 5) is 0.326. The molecule has 0 N–H and O–H groups in total. The van der Waals surface area contributed by atoms with Crippen molar-refractivity contribution in [2.75, 3.05) is 18.0 Å². The van der Waals surface area contributed by atoms with Gasteiger partial charge in [-0.2, -0.15) is 5.26 Å². The van der Waals surface area contributed by atoms with E-state index in [0.29, 0.717) is 40.4 Å². The molecule has 0 saturated carbocycles. The number of aryl methyl sites for hydroxylation is 2. The van der Waals surface area contributed by atoms with Gasteiger partial charge in [-0.3, -0.25) is 4.31 Å². The summed E-state index contributed by atoms with van der Waals surface area (Å²) in [5.41, 5.74) is 3.83. The molecule has 8 heteroatoms.